The SMILES string of the molecule is O=C(CSCCNC(=O)OCC1c2ccccc2-c2ccccc21)NC1CC2CC(C(=O)O)CC21. The van der Waals surface area contributed by atoms with Crippen LogP contribution in [0.2, 0.25) is 0 Å². The number of nitrogens with one attached hydrogen (secondary N) is 2. The molecule has 0 spiro atoms. The van der Waals surface area contributed by atoms with E-state index in [1.54, 1.807) is 0 Å². The molecule has 3 aliphatic rings. The predicted octanol–water partition coefficient (Wildman–Crippen LogP) is 3.87. The molecule has 2 fully saturated rings. The molecule has 4 unspecified atom stereocenters. The van der Waals surface area contributed by atoms with E-state index in [-0.39, 0.29) is 30.4 Å². The summed E-state index contributed by atoms with van der Waals surface area (Å²) in [5.74, 6) is 0.698. The van der Waals surface area contributed by atoms with Gasteiger partial charge >= 0.3 is 12.1 Å². The van der Waals surface area contributed by atoms with Crippen LogP contribution in [0.4, 0.5) is 4.79 Å². The highest BCUT2D eigenvalue weighted by Crippen LogP contribution is 2.49. The monoisotopic (exact) mass is 494 g/mol. The number of aliphatic carboxylic acids is 1. The van der Waals surface area contributed by atoms with Gasteiger partial charge in [0.25, 0.3) is 0 Å². The van der Waals surface area contributed by atoms with Crippen LogP contribution < -0.4 is 10.6 Å². The van der Waals surface area contributed by atoms with Gasteiger partial charge < -0.3 is 20.5 Å². The second-order valence-electron chi connectivity index (χ2n) is 9.65. The molecule has 8 heteroatoms. The second-order valence-corrected chi connectivity index (χ2v) is 10.8. The zero-order valence-corrected chi connectivity index (χ0v) is 20.3. The van der Waals surface area contributed by atoms with Crippen LogP contribution in [0.15, 0.2) is 48.5 Å². The van der Waals surface area contributed by atoms with Gasteiger partial charge in [0.2, 0.25) is 5.91 Å². The fourth-order valence-corrected chi connectivity index (χ4v) is 6.54. The van der Waals surface area contributed by atoms with Gasteiger partial charge in [-0.25, -0.2) is 4.79 Å². The van der Waals surface area contributed by atoms with Gasteiger partial charge in [-0.15, -0.1) is 0 Å². The normalized spacial score (nSPS) is 24.0. The number of carboxylic acid groups (broad SMARTS) is 1. The molecule has 0 radical (unpaired) electrons. The van der Waals surface area contributed by atoms with Gasteiger partial charge in [-0.1, -0.05) is 48.5 Å². The lowest BCUT2D eigenvalue weighted by atomic mass is 9.71. The van der Waals surface area contributed by atoms with Crippen molar-refractivity contribution in [2.75, 3.05) is 24.7 Å². The number of fused-ring (bicyclic) bond motifs is 4. The molecule has 0 aliphatic heterocycles. The van der Waals surface area contributed by atoms with E-state index >= 15 is 0 Å². The summed E-state index contributed by atoms with van der Waals surface area (Å²) in [6.07, 6.45) is 1.84. The maximum Gasteiger partial charge on any atom is 0.407 e. The summed E-state index contributed by atoms with van der Waals surface area (Å²) in [5, 5.41) is 15.0. The van der Waals surface area contributed by atoms with Crippen LogP contribution in [0.3, 0.4) is 0 Å². The highest BCUT2D eigenvalue weighted by Gasteiger charge is 2.49. The number of carbonyl (C=O) groups excluding carboxylic acids is 2. The number of carboxylic acids is 1. The van der Waals surface area contributed by atoms with Gasteiger partial charge in [0.15, 0.2) is 0 Å². The maximum atomic E-state index is 12.2. The van der Waals surface area contributed by atoms with Gasteiger partial charge in [-0.05, 0) is 53.4 Å². The lowest BCUT2D eigenvalue weighted by Crippen LogP contribution is -2.50. The standard InChI is InChI=1S/C27H30N2O5S/c30-25(29-24-13-16-11-17(26(31)32)12-22(16)24)15-35-10-9-28-27(33)34-14-23-20-7-3-1-5-18(20)19-6-2-4-8-21(19)23/h1-8,16-17,22-24H,9-15H2,(H,28,33)(H,29,30)(H,31,32). The lowest BCUT2D eigenvalue weighted by Gasteiger charge is -2.40. The summed E-state index contributed by atoms with van der Waals surface area (Å²) in [4.78, 5) is 35.6. The molecule has 2 saturated carbocycles. The quantitative estimate of drug-likeness (QED) is 0.457. The van der Waals surface area contributed by atoms with E-state index in [0.717, 1.165) is 12.8 Å². The molecule has 3 N–H and O–H groups in total. The first-order chi connectivity index (χ1) is 17.0. The third-order valence-electron chi connectivity index (χ3n) is 7.61. The topological polar surface area (TPSA) is 105 Å². The molecule has 0 saturated heterocycles. The second kappa shape index (κ2) is 10.3. The number of benzene rings is 2. The van der Waals surface area contributed by atoms with Gasteiger partial charge in [0.1, 0.15) is 6.61 Å². The Kier molecular flexibility index (Phi) is 7.00. The minimum Gasteiger partial charge on any atom is -0.481 e. The number of rotatable bonds is 9. The van der Waals surface area contributed by atoms with Crippen molar-refractivity contribution in [2.24, 2.45) is 17.8 Å². The van der Waals surface area contributed by atoms with Crippen LogP contribution in [0.1, 0.15) is 36.3 Å². The average Bonchev–Trinajstić information content (AvgIpc) is 3.36. The van der Waals surface area contributed by atoms with E-state index in [0.29, 0.717) is 36.3 Å². The Morgan fingerprint density at radius 1 is 0.971 bits per heavy atom. The Morgan fingerprint density at radius 3 is 2.34 bits per heavy atom. The first-order valence-electron chi connectivity index (χ1n) is 12.2. The zero-order chi connectivity index (χ0) is 24.4. The van der Waals surface area contributed by atoms with Crippen LogP contribution in [0.5, 0.6) is 0 Å². The summed E-state index contributed by atoms with van der Waals surface area (Å²) in [7, 11) is 0. The molecule has 0 heterocycles. The summed E-state index contributed by atoms with van der Waals surface area (Å²) in [6.45, 7) is 0.699. The summed E-state index contributed by atoms with van der Waals surface area (Å²) in [5.41, 5.74) is 4.74. The molecule has 2 amide bonds. The van der Waals surface area contributed by atoms with Gasteiger partial charge in [0, 0.05) is 24.3 Å². The Bertz CT molecular complexity index is 1080. The Labute approximate surface area is 209 Å². The molecule has 2 aromatic carbocycles. The molecule has 35 heavy (non-hydrogen) atoms. The Hall–Kier alpha value is -3.00. The molecule has 7 nitrogen and oxygen atoms in total. The van der Waals surface area contributed by atoms with Crippen molar-refractivity contribution in [3.8, 4) is 11.1 Å². The number of thioether (sulfide) groups is 1. The van der Waals surface area contributed by atoms with E-state index in [9.17, 15) is 19.5 Å². The molecule has 5 rings (SSSR count). The van der Waals surface area contributed by atoms with Gasteiger partial charge in [-0.2, -0.15) is 11.8 Å². The highest BCUT2D eigenvalue weighted by atomic mass is 32.2. The van der Waals surface area contributed by atoms with E-state index in [4.69, 9.17) is 4.74 Å². The predicted molar refractivity (Wildman–Crippen MR) is 134 cm³/mol. The maximum absolute atomic E-state index is 12.2. The molecular weight excluding hydrogens is 464 g/mol. The minimum absolute atomic E-state index is 0.0293. The van der Waals surface area contributed by atoms with E-state index in [1.165, 1.54) is 34.0 Å². The first-order valence-corrected chi connectivity index (χ1v) is 13.4. The highest BCUT2D eigenvalue weighted by molar-refractivity contribution is 7.99. The van der Waals surface area contributed by atoms with Crippen LogP contribution >= 0.6 is 11.8 Å². The van der Waals surface area contributed by atoms with Crippen LogP contribution in [-0.4, -0.2) is 53.8 Å². The molecule has 4 atom stereocenters. The number of hydrogen-bond donors (Lipinski definition) is 3. The number of carbonyl (C=O) groups is 3. The molecule has 0 aromatic heterocycles. The van der Waals surface area contributed by atoms with Crippen LogP contribution in [0.25, 0.3) is 11.1 Å². The number of amides is 2. The molecule has 3 aliphatic carbocycles. The molecular formula is C27H30N2O5S. The van der Waals surface area contributed by atoms with Crippen molar-refractivity contribution in [3.63, 3.8) is 0 Å². The minimum atomic E-state index is -0.719. The molecule has 2 aromatic rings. The van der Waals surface area contributed by atoms with Gasteiger partial charge in [-0.3, -0.25) is 9.59 Å². The summed E-state index contributed by atoms with van der Waals surface area (Å²) < 4.78 is 5.53. The van der Waals surface area contributed by atoms with Crippen molar-refractivity contribution < 1.29 is 24.2 Å². The van der Waals surface area contributed by atoms with E-state index < -0.39 is 12.1 Å². The average molecular weight is 495 g/mol. The van der Waals surface area contributed by atoms with Crippen molar-refractivity contribution in [2.45, 2.75) is 31.2 Å². The van der Waals surface area contributed by atoms with Crippen molar-refractivity contribution in [1.29, 1.82) is 0 Å². The third kappa shape index (κ3) is 5.03. The van der Waals surface area contributed by atoms with E-state index in [1.807, 2.05) is 24.3 Å². The summed E-state index contributed by atoms with van der Waals surface area (Å²) in [6, 6.07) is 16.6. The number of alkyl carbamates (subject to hydrolysis) is 1. The fourth-order valence-electron chi connectivity index (χ4n) is 5.88. The van der Waals surface area contributed by atoms with Crippen LogP contribution in [-0.2, 0) is 14.3 Å². The molecule has 184 valence electrons. The fraction of sp³-hybridized carbons (Fsp3) is 0.444. The number of ether oxygens (including phenoxy) is 1. The van der Waals surface area contributed by atoms with Crippen molar-refractivity contribution in [3.05, 3.63) is 59.7 Å². The Morgan fingerprint density at radius 2 is 1.66 bits per heavy atom. The number of hydrogen-bond acceptors (Lipinski definition) is 5. The van der Waals surface area contributed by atoms with Crippen LogP contribution in [0, 0.1) is 17.8 Å². The zero-order valence-electron chi connectivity index (χ0n) is 19.4. The summed E-state index contributed by atoms with van der Waals surface area (Å²) >= 11 is 1.46. The van der Waals surface area contributed by atoms with E-state index in [2.05, 4.69) is 34.9 Å². The largest absolute Gasteiger partial charge is 0.481 e. The lowest BCUT2D eigenvalue weighted by molar-refractivity contribution is -0.141. The van der Waals surface area contributed by atoms with Gasteiger partial charge in [0.05, 0.1) is 11.7 Å². The third-order valence-corrected chi connectivity index (χ3v) is 8.57. The first kappa shape index (κ1) is 23.7. The molecule has 0 bridgehead atoms. The smallest absolute Gasteiger partial charge is 0.407 e. The van der Waals surface area contributed by atoms with Crippen molar-refractivity contribution >= 4 is 29.7 Å². The Balaban J connectivity index is 0.983. The van der Waals surface area contributed by atoms with Crippen molar-refractivity contribution in [1.82, 2.24) is 10.6 Å².